The summed E-state index contributed by atoms with van der Waals surface area (Å²) < 4.78 is 43.0. The Kier molecular flexibility index (Phi) is 9.79. The number of aliphatic imine (C=N–C) groups is 1. The van der Waals surface area contributed by atoms with Gasteiger partial charge in [-0.3, -0.25) is 9.89 Å². The molecule has 1 aliphatic heterocycles. The highest BCUT2D eigenvalue weighted by molar-refractivity contribution is 5.79. The van der Waals surface area contributed by atoms with E-state index in [4.69, 9.17) is 4.74 Å². The molecule has 1 unspecified atom stereocenters. The Hall–Kier alpha value is -2.11. The molecule has 1 atom stereocenters. The van der Waals surface area contributed by atoms with E-state index >= 15 is 0 Å². The molecule has 0 amide bonds. The Balaban J connectivity index is 1.72. The van der Waals surface area contributed by atoms with Gasteiger partial charge in [0.15, 0.2) is 5.96 Å². The van der Waals surface area contributed by atoms with Gasteiger partial charge >= 0.3 is 6.18 Å². The van der Waals surface area contributed by atoms with Crippen LogP contribution in [0.5, 0.6) is 0 Å². The third kappa shape index (κ3) is 9.70. The summed E-state index contributed by atoms with van der Waals surface area (Å²) in [4.78, 5) is 10.4. The molecule has 11 heteroatoms. The Morgan fingerprint density at radius 2 is 1.97 bits per heavy atom. The third-order valence-electron chi connectivity index (χ3n) is 4.63. The van der Waals surface area contributed by atoms with E-state index in [0.29, 0.717) is 57.6 Å². The Morgan fingerprint density at radius 3 is 2.58 bits per heavy atom. The summed E-state index contributed by atoms with van der Waals surface area (Å²) in [6.07, 6.45) is -2.86. The van der Waals surface area contributed by atoms with Crippen LogP contribution in [0.15, 0.2) is 23.3 Å². The Bertz CT molecular complexity index is 676. The first-order chi connectivity index (χ1) is 14.7. The first kappa shape index (κ1) is 25.2. The summed E-state index contributed by atoms with van der Waals surface area (Å²) in [5.41, 5.74) is -1.72. The highest BCUT2D eigenvalue weighted by Crippen LogP contribution is 2.28. The van der Waals surface area contributed by atoms with Gasteiger partial charge in [-0.25, -0.2) is 4.98 Å². The fourth-order valence-electron chi connectivity index (χ4n) is 3.06. The molecule has 1 fully saturated rings. The van der Waals surface area contributed by atoms with Crippen LogP contribution in [0.3, 0.4) is 0 Å². The molecule has 2 rings (SSSR count). The van der Waals surface area contributed by atoms with E-state index in [-0.39, 0.29) is 6.54 Å². The number of hydrogen-bond donors (Lipinski definition) is 4. The van der Waals surface area contributed by atoms with Gasteiger partial charge in [-0.05, 0) is 32.4 Å². The number of alkyl halides is 3. The summed E-state index contributed by atoms with van der Waals surface area (Å²) >= 11 is 0. The summed E-state index contributed by atoms with van der Waals surface area (Å²) in [5.74, 6) is 1.00. The molecule has 0 aromatic carbocycles. The molecular formula is C20H33F3N6O2. The molecule has 0 bridgehead atoms. The minimum Gasteiger partial charge on any atom is -0.387 e. The van der Waals surface area contributed by atoms with Crippen molar-refractivity contribution in [1.82, 2.24) is 20.5 Å². The largest absolute Gasteiger partial charge is 0.417 e. The Labute approximate surface area is 181 Å². The van der Waals surface area contributed by atoms with Crippen LogP contribution in [0, 0.1) is 0 Å². The molecule has 2 heterocycles. The van der Waals surface area contributed by atoms with Crippen LogP contribution in [-0.4, -0.2) is 85.6 Å². The van der Waals surface area contributed by atoms with Crippen molar-refractivity contribution in [3.8, 4) is 0 Å². The molecule has 0 radical (unpaired) electrons. The molecule has 4 N–H and O–H groups in total. The maximum absolute atomic E-state index is 12.6. The van der Waals surface area contributed by atoms with E-state index in [1.165, 1.54) is 6.07 Å². The van der Waals surface area contributed by atoms with Gasteiger partial charge in [0.25, 0.3) is 0 Å². The molecular weight excluding hydrogens is 413 g/mol. The van der Waals surface area contributed by atoms with Crippen molar-refractivity contribution in [1.29, 1.82) is 0 Å². The number of nitrogens with zero attached hydrogens (tertiary/aromatic N) is 3. The summed E-state index contributed by atoms with van der Waals surface area (Å²) in [6.45, 7) is 9.32. The summed E-state index contributed by atoms with van der Waals surface area (Å²) in [7, 11) is 0. The highest BCUT2D eigenvalue weighted by atomic mass is 19.4. The number of pyridine rings is 1. The smallest absolute Gasteiger partial charge is 0.387 e. The monoisotopic (exact) mass is 446 g/mol. The predicted octanol–water partition coefficient (Wildman–Crippen LogP) is 1.54. The molecule has 0 spiro atoms. The van der Waals surface area contributed by atoms with Crippen molar-refractivity contribution in [2.75, 3.05) is 64.3 Å². The van der Waals surface area contributed by atoms with E-state index < -0.39 is 17.3 Å². The van der Waals surface area contributed by atoms with Gasteiger partial charge in [-0.1, -0.05) is 0 Å². The van der Waals surface area contributed by atoms with Crippen molar-refractivity contribution in [2.24, 2.45) is 4.99 Å². The lowest BCUT2D eigenvalue weighted by Gasteiger charge is -2.33. The maximum Gasteiger partial charge on any atom is 0.417 e. The van der Waals surface area contributed by atoms with Crippen LogP contribution in [0.2, 0.25) is 0 Å². The van der Waals surface area contributed by atoms with Crippen molar-refractivity contribution in [3.63, 3.8) is 0 Å². The minimum atomic E-state index is -4.38. The third-order valence-corrected chi connectivity index (χ3v) is 4.63. The lowest BCUT2D eigenvalue weighted by molar-refractivity contribution is -0.137. The van der Waals surface area contributed by atoms with Crippen LogP contribution in [0.1, 0.15) is 25.8 Å². The molecule has 1 aromatic heterocycles. The molecule has 8 nitrogen and oxygen atoms in total. The van der Waals surface area contributed by atoms with Crippen LogP contribution in [0.4, 0.5) is 19.0 Å². The zero-order chi connectivity index (χ0) is 22.7. The van der Waals surface area contributed by atoms with Crippen LogP contribution in [0.25, 0.3) is 0 Å². The number of nitrogens with one attached hydrogen (secondary N) is 3. The summed E-state index contributed by atoms with van der Waals surface area (Å²) in [5, 5.41) is 20.0. The molecule has 1 saturated heterocycles. The van der Waals surface area contributed by atoms with Crippen LogP contribution >= 0.6 is 0 Å². The van der Waals surface area contributed by atoms with Crippen molar-refractivity contribution >= 4 is 11.8 Å². The van der Waals surface area contributed by atoms with Crippen LogP contribution in [-0.2, 0) is 10.9 Å². The first-order valence-electron chi connectivity index (χ1n) is 10.5. The molecule has 0 saturated carbocycles. The normalized spacial score (nSPS) is 17.8. The standard InChI is InChI=1S/C20H33F3N6O2/c1-3-24-18(28-14-19(2,30)15-29-9-11-31-12-10-29)26-8-4-7-25-17-6-5-16(13-27-17)20(21,22)23/h5-6,13,30H,3-4,7-12,14-15H2,1-2H3,(H,25,27)(H2,24,26,28). The fourth-order valence-corrected chi connectivity index (χ4v) is 3.06. The highest BCUT2D eigenvalue weighted by Gasteiger charge is 2.30. The van der Waals surface area contributed by atoms with Crippen LogP contribution < -0.4 is 16.0 Å². The molecule has 1 aliphatic rings. The number of hydrogen-bond acceptors (Lipinski definition) is 6. The van der Waals surface area contributed by atoms with Gasteiger partial charge in [0, 0.05) is 45.5 Å². The zero-order valence-electron chi connectivity index (χ0n) is 18.1. The SMILES string of the molecule is CCNC(=NCC(C)(O)CN1CCOCC1)NCCCNc1ccc(C(F)(F)F)cn1. The number of aromatic nitrogens is 1. The van der Waals surface area contributed by atoms with Gasteiger partial charge in [-0.15, -0.1) is 0 Å². The Morgan fingerprint density at radius 1 is 1.23 bits per heavy atom. The van der Waals surface area contributed by atoms with Gasteiger partial charge in [0.2, 0.25) is 0 Å². The van der Waals surface area contributed by atoms with E-state index in [1.807, 2.05) is 6.92 Å². The second-order valence-electron chi connectivity index (χ2n) is 7.72. The van der Waals surface area contributed by atoms with E-state index in [0.717, 1.165) is 25.4 Å². The summed E-state index contributed by atoms with van der Waals surface area (Å²) in [6, 6.07) is 2.32. The number of rotatable bonds is 10. The van der Waals surface area contributed by atoms with Gasteiger partial charge < -0.3 is 25.8 Å². The number of ether oxygens (including phenoxy) is 1. The molecule has 0 aliphatic carbocycles. The number of β-amino-alcohol motifs (C(OH)–C–C–N with tert-alkyl or cyclic N) is 1. The lowest BCUT2D eigenvalue weighted by atomic mass is 10.1. The van der Waals surface area contributed by atoms with E-state index in [9.17, 15) is 18.3 Å². The number of halogens is 3. The predicted molar refractivity (Wildman–Crippen MR) is 114 cm³/mol. The van der Waals surface area contributed by atoms with Crippen molar-refractivity contribution < 1.29 is 23.0 Å². The number of morpholine rings is 1. The van der Waals surface area contributed by atoms with E-state index in [2.05, 4.69) is 30.8 Å². The number of guanidine groups is 1. The molecule has 31 heavy (non-hydrogen) atoms. The minimum absolute atomic E-state index is 0.257. The van der Waals surface area contributed by atoms with Gasteiger partial charge in [0.05, 0.1) is 30.9 Å². The van der Waals surface area contributed by atoms with E-state index in [1.54, 1.807) is 6.92 Å². The second kappa shape index (κ2) is 12.1. The van der Waals surface area contributed by atoms with Crippen molar-refractivity contribution in [3.05, 3.63) is 23.9 Å². The molecule has 1 aromatic rings. The van der Waals surface area contributed by atoms with Gasteiger partial charge in [0.1, 0.15) is 5.82 Å². The lowest BCUT2D eigenvalue weighted by Crippen LogP contribution is -2.48. The quantitative estimate of drug-likeness (QED) is 0.246. The second-order valence-corrected chi connectivity index (χ2v) is 7.72. The number of aliphatic hydroxyl groups is 1. The molecule has 176 valence electrons. The van der Waals surface area contributed by atoms with Gasteiger partial charge in [-0.2, -0.15) is 13.2 Å². The zero-order valence-corrected chi connectivity index (χ0v) is 18.1. The maximum atomic E-state index is 12.6. The first-order valence-corrected chi connectivity index (χ1v) is 10.5. The fraction of sp³-hybridized carbons (Fsp3) is 0.700. The average Bonchev–Trinajstić information content (AvgIpc) is 2.72. The average molecular weight is 447 g/mol. The topological polar surface area (TPSA) is 94.0 Å². The van der Waals surface area contributed by atoms with Crippen molar-refractivity contribution in [2.45, 2.75) is 32.0 Å². The number of anilines is 1.